The number of pyridine rings is 1. The van der Waals surface area contributed by atoms with Crippen molar-refractivity contribution in [2.24, 2.45) is 0 Å². The van der Waals surface area contributed by atoms with Crippen LogP contribution >= 0.6 is 23.2 Å². The zero-order chi connectivity index (χ0) is 30.5. The van der Waals surface area contributed by atoms with E-state index in [1.165, 1.54) is 7.11 Å². The quantitative estimate of drug-likeness (QED) is 0.296. The monoisotopic (exact) mass is 642 g/mol. The molecule has 3 aliphatic rings. The summed E-state index contributed by atoms with van der Waals surface area (Å²) in [5.41, 5.74) is 2.52. The first-order chi connectivity index (χ1) is 21.4. The average Bonchev–Trinajstić information content (AvgIpc) is 3.00. The fourth-order valence-electron chi connectivity index (χ4n) is 5.66. The van der Waals surface area contributed by atoms with E-state index in [4.69, 9.17) is 42.4 Å². The minimum Gasteiger partial charge on any atom is -0.467 e. The van der Waals surface area contributed by atoms with Gasteiger partial charge in [0.25, 0.3) is 0 Å². The predicted octanol–water partition coefficient (Wildman–Crippen LogP) is 4.31. The molecule has 2 aromatic heterocycles. The smallest absolute Gasteiger partial charge is 0.331 e. The van der Waals surface area contributed by atoms with Gasteiger partial charge in [-0.15, -0.1) is 0 Å². The number of carbonyl (C=O) groups is 1. The van der Waals surface area contributed by atoms with Gasteiger partial charge in [0.05, 0.1) is 50.6 Å². The first-order valence-electron chi connectivity index (χ1n) is 14.9. The van der Waals surface area contributed by atoms with Crippen molar-refractivity contribution in [3.63, 3.8) is 0 Å². The van der Waals surface area contributed by atoms with Gasteiger partial charge in [0.1, 0.15) is 6.61 Å². The Bertz CT molecular complexity index is 1410. The minimum atomic E-state index is -0.358. The minimum absolute atomic E-state index is 0.0185. The normalized spacial score (nSPS) is 18.7. The Morgan fingerprint density at radius 1 is 0.955 bits per heavy atom. The second-order valence-corrected chi connectivity index (χ2v) is 12.1. The van der Waals surface area contributed by atoms with Gasteiger partial charge in [-0.1, -0.05) is 23.2 Å². The molecule has 0 amide bonds. The van der Waals surface area contributed by atoms with Crippen LogP contribution in [0.15, 0.2) is 42.7 Å². The van der Waals surface area contributed by atoms with E-state index in [1.54, 1.807) is 18.5 Å². The molecule has 5 heterocycles. The molecule has 234 valence electrons. The van der Waals surface area contributed by atoms with Crippen molar-refractivity contribution in [1.82, 2.24) is 24.8 Å². The molecular weight excluding hydrogens is 607 g/mol. The Hall–Kier alpha value is -3.06. The molecule has 3 fully saturated rings. The van der Waals surface area contributed by atoms with E-state index in [-0.39, 0.29) is 18.7 Å². The lowest BCUT2D eigenvalue weighted by atomic mass is 10.1. The van der Waals surface area contributed by atoms with Gasteiger partial charge < -0.3 is 23.8 Å². The maximum absolute atomic E-state index is 11.4. The number of benzene rings is 1. The van der Waals surface area contributed by atoms with Crippen LogP contribution in [0.1, 0.15) is 18.4 Å². The van der Waals surface area contributed by atoms with Gasteiger partial charge in [0.15, 0.2) is 5.75 Å². The van der Waals surface area contributed by atoms with E-state index in [0.717, 1.165) is 76.5 Å². The van der Waals surface area contributed by atoms with E-state index in [0.29, 0.717) is 45.9 Å². The van der Waals surface area contributed by atoms with E-state index >= 15 is 0 Å². The van der Waals surface area contributed by atoms with Gasteiger partial charge in [-0.05, 0) is 42.7 Å². The maximum atomic E-state index is 11.4. The van der Waals surface area contributed by atoms with E-state index in [9.17, 15) is 4.79 Å². The molecule has 3 aliphatic heterocycles. The largest absolute Gasteiger partial charge is 0.467 e. The number of hydrogen-bond donors (Lipinski definition) is 0. The number of halogens is 2. The lowest BCUT2D eigenvalue weighted by Gasteiger charge is -2.42. The molecule has 6 rings (SSSR count). The third-order valence-corrected chi connectivity index (χ3v) is 8.63. The highest BCUT2D eigenvalue weighted by Gasteiger charge is 2.29. The second kappa shape index (κ2) is 14.4. The van der Waals surface area contributed by atoms with Crippen molar-refractivity contribution in [1.29, 1.82) is 0 Å². The zero-order valence-electron chi connectivity index (χ0n) is 24.7. The summed E-state index contributed by atoms with van der Waals surface area (Å²) in [6, 6.07) is 9.88. The van der Waals surface area contributed by atoms with Crippen molar-refractivity contribution >= 4 is 35.1 Å². The molecule has 44 heavy (non-hydrogen) atoms. The van der Waals surface area contributed by atoms with Gasteiger partial charge in [-0.25, -0.2) is 19.7 Å². The second-order valence-electron chi connectivity index (χ2n) is 11.3. The summed E-state index contributed by atoms with van der Waals surface area (Å²) >= 11 is 12.6. The Labute approximate surface area is 267 Å². The summed E-state index contributed by atoms with van der Waals surface area (Å²) in [5.74, 6) is 1.26. The van der Waals surface area contributed by atoms with Crippen LogP contribution in [-0.4, -0.2) is 109 Å². The molecular formula is C31H36Cl2N6O5. The topological polar surface area (TPSA) is 102 Å². The molecule has 0 saturated carbocycles. The van der Waals surface area contributed by atoms with Gasteiger partial charge in [-0.2, -0.15) is 0 Å². The number of aromatic nitrogens is 3. The van der Waals surface area contributed by atoms with Crippen molar-refractivity contribution in [3.8, 4) is 22.9 Å². The summed E-state index contributed by atoms with van der Waals surface area (Å²) in [7, 11) is 1.36. The lowest BCUT2D eigenvalue weighted by molar-refractivity contribution is -0.149. The summed E-state index contributed by atoms with van der Waals surface area (Å²) in [6.45, 7) is 7.70. The molecule has 11 nitrogen and oxygen atoms in total. The fraction of sp³-hybridized carbons (Fsp3) is 0.484. The molecule has 0 N–H and O–H groups in total. The SMILES string of the molecule is COC(=O)COC1CCN(Cc2cc(Oc3cnc(N4CCN(C5COC5)CC4)nc3)nc(-c3cc(Cl)cc(Cl)c3)c2)CC1. The van der Waals surface area contributed by atoms with Gasteiger partial charge >= 0.3 is 5.97 Å². The van der Waals surface area contributed by atoms with Crippen LogP contribution in [0.4, 0.5) is 5.95 Å². The van der Waals surface area contributed by atoms with Crippen LogP contribution in [0, 0.1) is 0 Å². The molecule has 3 aromatic rings. The lowest BCUT2D eigenvalue weighted by Crippen LogP contribution is -2.56. The molecule has 13 heteroatoms. The number of nitrogens with zero attached hydrogens (tertiary/aromatic N) is 6. The van der Waals surface area contributed by atoms with E-state index < -0.39 is 0 Å². The number of likely N-dealkylation sites (tertiary alicyclic amines) is 1. The summed E-state index contributed by atoms with van der Waals surface area (Å²) in [6.07, 6.45) is 5.08. The highest BCUT2D eigenvalue weighted by Crippen LogP contribution is 2.31. The molecule has 0 spiro atoms. The molecule has 1 aromatic carbocycles. The first-order valence-corrected chi connectivity index (χ1v) is 15.6. The number of carbonyl (C=O) groups excluding carboxylic acids is 1. The highest BCUT2D eigenvalue weighted by atomic mass is 35.5. The Kier molecular flexibility index (Phi) is 10.1. The Balaban J connectivity index is 1.13. The maximum Gasteiger partial charge on any atom is 0.331 e. The third kappa shape index (κ3) is 7.96. The number of methoxy groups -OCH3 is 1. The Morgan fingerprint density at radius 2 is 1.66 bits per heavy atom. The van der Waals surface area contributed by atoms with Crippen molar-refractivity contribution in [3.05, 3.63) is 58.3 Å². The van der Waals surface area contributed by atoms with Crippen molar-refractivity contribution in [2.45, 2.75) is 31.5 Å². The fourth-order valence-corrected chi connectivity index (χ4v) is 6.18. The zero-order valence-corrected chi connectivity index (χ0v) is 26.2. The number of hydrogen-bond acceptors (Lipinski definition) is 11. The first kappa shape index (κ1) is 30.9. The van der Waals surface area contributed by atoms with Crippen molar-refractivity contribution in [2.75, 3.05) is 71.1 Å². The van der Waals surface area contributed by atoms with Crippen LogP contribution in [0.5, 0.6) is 11.6 Å². The molecule has 0 radical (unpaired) electrons. The van der Waals surface area contributed by atoms with Crippen LogP contribution in [0.3, 0.4) is 0 Å². The van der Waals surface area contributed by atoms with E-state index in [1.807, 2.05) is 24.3 Å². The van der Waals surface area contributed by atoms with Crippen LogP contribution < -0.4 is 9.64 Å². The van der Waals surface area contributed by atoms with Gasteiger partial charge in [0.2, 0.25) is 11.8 Å². The number of anilines is 1. The van der Waals surface area contributed by atoms with Crippen LogP contribution in [-0.2, 0) is 25.5 Å². The number of rotatable bonds is 10. The summed E-state index contributed by atoms with van der Waals surface area (Å²) in [4.78, 5) is 32.4. The highest BCUT2D eigenvalue weighted by molar-refractivity contribution is 6.35. The predicted molar refractivity (Wildman–Crippen MR) is 166 cm³/mol. The third-order valence-electron chi connectivity index (χ3n) is 8.20. The van der Waals surface area contributed by atoms with Crippen LogP contribution in [0.25, 0.3) is 11.3 Å². The number of esters is 1. The molecule has 0 aliphatic carbocycles. The average molecular weight is 644 g/mol. The van der Waals surface area contributed by atoms with E-state index in [2.05, 4.69) is 29.4 Å². The molecule has 3 saturated heterocycles. The standard InChI is InChI=1S/C31H36Cl2N6O5/c1-41-30(40)20-43-26-2-4-37(5-3-26)17-21-10-28(22-12-23(32)14-24(33)13-22)36-29(11-21)44-27-15-34-31(35-16-27)39-8-6-38(7-9-39)25-18-42-19-25/h10-16,25-26H,2-9,17-20H2,1H3. The molecule has 0 unspecified atom stereocenters. The number of piperazine rings is 1. The summed E-state index contributed by atoms with van der Waals surface area (Å²) < 4.78 is 21.9. The molecule has 0 bridgehead atoms. The molecule has 0 atom stereocenters. The van der Waals surface area contributed by atoms with Gasteiger partial charge in [-0.3, -0.25) is 9.80 Å². The van der Waals surface area contributed by atoms with Crippen LogP contribution in [0.2, 0.25) is 10.0 Å². The summed E-state index contributed by atoms with van der Waals surface area (Å²) in [5, 5.41) is 1.06. The number of piperidine rings is 1. The van der Waals surface area contributed by atoms with Crippen molar-refractivity contribution < 1.29 is 23.7 Å². The number of ether oxygens (including phenoxy) is 4. The Morgan fingerprint density at radius 3 is 2.30 bits per heavy atom. The van der Waals surface area contributed by atoms with Gasteiger partial charge in [0, 0.05) is 67.5 Å².